The van der Waals surface area contributed by atoms with Crippen LogP contribution >= 0.6 is 0 Å². The highest BCUT2D eigenvalue weighted by Crippen LogP contribution is 2.33. The number of ether oxygens (including phenoxy) is 1. The summed E-state index contributed by atoms with van der Waals surface area (Å²) in [5.41, 5.74) is 1.19. The molecule has 154 valence electrons. The molecule has 0 spiro atoms. The Bertz CT molecular complexity index is 892. The molecule has 2 N–H and O–H groups in total. The predicted octanol–water partition coefficient (Wildman–Crippen LogP) is 2.81. The highest BCUT2D eigenvalue weighted by molar-refractivity contribution is 6.01. The molecular formula is C21H25N3O5. The van der Waals surface area contributed by atoms with Gasteiger partial charge >= 0.3 is 0 Å². The zero-order valence-electron chi connectivity index (χ0n) is 16.7. The van der Waals surface area contributed by atoms with Crippen LogP contribution in [0.2, 0.25) is 0 Å². The van der Waals surface area contributed by atoms with Crippen molar-refractivity contribution in [2.45, 2.75) is 32.7 Å². The van der Waals surface area contributed by atoms with Crippen LogP contribution in [-0.4, -0.2) is 37.4 Å². The molecular weight excluding hydrogens is 374 g/mol. The SMILES string of the molecule is COc1cc(NC(=O)C(NC(=O)c2ccco2)C(C)C)ccc1N1CCCC1=O. The van der Waals surface area contributed by atoms with Gasteiger partial charge in [-0.05, 0) is 36.6 Å². The topological polar surface area (TPSA) is 101 Å². The van der Waals surface area contributed by atoms with Gasteiger partial charge in [-0.15, -0.1) is 0 Å². The van der Waals surface area contributed by atoms with Crippen LogP contribution in [0.5, 0.6) is 5.75 Å². The zero-order chi connectivity index (χ0) is 21.0. The maximum atomic E-state index is 12.8. The van der Waals surface area contributed by atoms with E-state index in [1.165, 1.54) is 19.4 Å². The molecule has 1 aromatic heterocycles. The van der Waals surface area contributed by atoms with E-state index in [9.17, 15) is 14.4 Å². The molecule has 29 heavy (non-hydrogen) atoms. The number of methoxy groups -OCH3 is 1. The van der Waals surface area contributed by atoms with Crippen molar-refractivity contribution in [2.75, 3.05) is 23.9 Å². The summed E-state index contributed by atoms with van der Waals surface area (Å²) in [6.45, 7) is 4.33. The van der Waals surface area contributed by atoms with E-state index < -0.39 is 11.9 Å². The lowest BCUT2D eigenvalue weighted by molar-refractivity contribution is -0.119. The molecule has 1 aliphatic heterocycles. The van der Waals surface area contributed by atoms with Gasteiger partial charge in [0.2, 0.25) is 11.8 Å². The number of amides is 3. The van der Waals surface area contributed by atoms with E-state index in [0.717, 1.165) is 6.42 Å². The summed E-state index contributed by atoms with van der Waals surface area (Å²) in [7, 11) is 1.52. The fourth-order valence-corrected chi connectivity index (χ4v) is 3.26. The van der Waals surface area contributed by atoms with Gasteiger partial charge in [0.05, 0.1) is 19.1 Å². The number of rotatable bonds is 7. The molecule has 0 saturated carbocycles. The Morgan fingerprint density at radius 2 is 2.03 bits per heavy atom. The van der Waals surface area contributed by atoms with Gasteiger partial charge in [0.1, 0.15) is 11.8 Å². The molecule has 1 atom stereocenters. The van der Waals surface area contributed by atoms with E-state index in [-0.39, 0.29) is 23.5 Å². The Kier molecular flexibility index (Phi) is 6.21. The van der Waals surface area contributed by atoms with Crippen LogP contribution in [0.25, 0.3) is 0 Å². The molecule has 1 fully saturated rings. The molecule has 0 bridgehead atoms. The average molecular weight is 399 g/mol. The van der Waals surface area contributed by atoms with Gasteiger partial charge < -0.3 is 24.7 Å². The number of hydrogen-bond acceptors (Lipinski definition) is 5. The Labute approximate surface area is 169 Å². The second kappa shape index (κ2) is 8.81. The molecule has 1 aliphatic rings. The van der Waals surface area contributed by atoms with Crippen molar-refractivity contribution in [3.63, 3.8) is 0 Å². The highest BCUT2D eigenvalue weighted by Gasteiger charge is 2.27. The Morgan fingerprint density at radius 1 is 1.24 bits per heavy atom. The van der Waals surface area contributed by atoms with Crippen LogP contribution in [0.1, 0.15) is 37.2 Å². The van der Waals surface area contributed by atoms with Gasteiger partial charge in [-0.2, -0.15) is 0 Å². The molecule has 1 unspecified atom stereocenters. The number of nitrogens with one attached hydrogen (secondary N) is 2. The third-order valence-corrected chi connectivity index (χ3v) is 4.79. The Balaban J connectivity index is 1.74. The largest absolute Gasteiger partial charge is 0.494 e. The third-order valence-electron chi connectivity index (χ3n) is 4.79. The van der Waals surface area contributed by atoms with Crippen molar-refractivity contribution in [1.82, 2.24) is 5.32 Å². The van der Waals surface area contributed by atoms with Crippen LogP contribution in [0.4, 0.5) is 11.4 Å². The first kappa shape index (κ1) is 20.4. The lowest BCUT2D eigenvalue weighted by Crippen LogP contribution is -2.47. The molecule has 2 heterocycles. The number of benzene rings is 1. The maximum absolute atomic E-state index is 12.8. The van der Waals surface area contributed by atoms with Gasteiger partial charge in [-0.3, -0.25) is 14.4 Å². The summed E-state index contributed by atoms with van der Waals surface area (Å²) in [5, 5.41) is 5.51. The summed E-state index contributed by atoms with van der Waals surface area (Å²) in [6.07, 6.45) is 2.73. The average Bonchev–Trinajstić information content (AvgIpc) is 3.37. The van der Waals surface area contributed by atoms with Crippen LogP contribution in [0, 0.1) is 5.92 Å². The lowest BCUT2D eigenvalue weighted by atomic mass is 10.0. The zero-order valence-corrected chi connectivity index (χ0v) is 16.7. The fraction of sp³-hybridized carbons (Fsp3) is 0.381. The minimum absolute atomic E-state index is 0.0561. The first-order valence-corrected chi connectivity index (χ1v) is 9.54. The fourth-order valence-electron chi connectivity index (χ4n) is 3.26. The first-order chi connectivity index (χ1) is 13.9. The first-order valence-electron chi connectivity index (χ1n) is 9.54. The van der Waals surface area contributed by atoms with Crippen molar-refractivity contribution in [3.8, 4) is 5.75 Å². The molecule has 3 amide bonds. The van der Waals surface area contributed by atoms with E-state index in [4.69, 9.17) is 9.15 Å². The van der Waals surface area contributed by atoms with Gasteiger partial charge in [-0.25, -0.2) is 0 Å². The van der Waals surface area contributed by atoms with Crippen molar-refractivity contribution in [3.05, 3.63) is 42.4 Å². The summed E-state index contributed by atoms with van der Waals surface area (Å²) in [6, 6.07) is 7.53. The van der Waals surface area contributed by atoms with Gasteiger partial charge in [0, 0.05) is 24.7 Å². The number of hydrogen-bond donors (Lipinski definition) is 2. The lowest BCUT2D eigenvalue weighted by Gasteiger charge is -2.22. The van der Waals surface area contributed by atoms with E-state index in [0.29, 0.717) is 30.1 Å². The second-order valence-corrected chi connectivity index (χ2v) is 7.20. The number of anilines is 2. The quantitative estimate of drug-likeness (QED) is 0.746. The van der Waals surface area contributed by atoms with Crippen molar-refractivity contribution in [2.24, 2.45) is 5.92 Å². The van der Waals surface area contributed by atoms with Crippen molar-refractivity contribution < 1.29 is 23.5 Å². The second-order valence-electron chi connectivity index (χ2n) is 7.20. The molecule has 0 aliphatic carbocycles. The van der Waals surface area contributed by atoms with Crippen molar-refractivity contribution in [1.29, 1.82) is 0 Å². The maximum Gasteiger partial charge on any atom is 0.287 e. The Morgan fingerprint density at radius 3 is 2.62 bits per heavy atom. The van der Waals surface area contributed by atoms with Crippen LogP contribution in [-0.2, 0) is 9.59 Å². The monoisotopic (exact) mass is 399 g/mol. The Hall–Kier alpha value is -3.29. The standard InChI is InChI=1S/C21H25N3O5/c1-13(2)19(23-20(26)16-6-5-11-29-16)21(27)22-14-8-9-15(17(12-14)28-3)24-10-4-7-18(24)25/h5-6,8-9,11-13,19H,4,7,10H2,1-3H3,(H,22,27)(H,23,26). The number of nitrogens with zero attached hydrogens (tertiary/aromatic N) is 1. The highest BCUT2D eigenvalue weighted by atomic mass is 16.5. The number of carbonyl (C=O) groups excluding carboxylic acids is 3. The summed E-state index contributed by atoms with van der Waals surface area (Å²) < 4.78 is 10.5. The van der Waals surface area contributed by atoms with Gasteiger partial charge in [-0.1, -0.05) is 13.8 Å². The molecule has 3 rings (SSSR count). The predicted molar refractivity (Wildman–Crippen MR) is 108 cm³/mol. The smallest absolute Gasteiger partial charge is 0.287 e. The molecule has 0 radical (unpaired) electrons. The van der Waals surface area contributed by atoms with E-state index in [1.807, 2.05) is 13.8 Å². The van der Waals surface area contributed by atoms with Crippen molar-refractivity contribution >= 4 is 29.1 Å². The van der Waals surface area contributed by atoms with Gasteiger partial charge in [0.25, 0.3) is 5.91 Å². The minimum atomic E-state index is -0.751. The number of furan rings is 1. The third kappa shape index (κ3) is 4.59. The van der Waals surface area contributed by atoms with E-state index in [2.05, 4.69) is 10.6 Å². The van der Waals surface area contributed by atoms with Crippen LogP contribution in [0.15, 0.2) is 41.0 Å². The van der Waals surface area contributed by atoms with E-state index >= 15 is 0 Å². The molecule has 1 saturated heterocycles. The molecule has 2 aromatic rings. The molecule has 8 heteroatoms. The summed E-state index contributed by atoms with van der Waals surface area (Å²) >= 11 is 0. The van der Waals surface area contributed by atoms with E-state index in [1.54, 1.807) is 29.2 Å². The normalized spacial score (nSPS) is 14.8. The minimum Gasteiger partial charge on any atom is -0.494 e. The van der Waals surface area contributed by atoms with Gasteiger partial charge in [0.15, 0.2) is 5.76 Å². The molecule has 1 aromatic carbocycles. The summed E-state index contributed by atoms with van der Waals surface area (Å²) in [5.74, 6) is -0.252. The van der Waals surface area contributed by atoms with Crippen LogP contribution in [0.3, 0.4) is 0 Å². The summed E-state index contributed by atoms with van der Waals surface area (Å²) in [4.78, 5) is 38.8. The molecule has 8 nitrogen and oxygen atoms in total. The van der Waals surface area contributed by atoms with Crippen LogP contribution < -0.4 is 20.3 Å². The number of carbonyl (C=O) groups is 3.